The van der Waals surface area contributed by atoms with Crippen molar-refractivity contribution in [3.63, 3.8) is 0 Å². The predicted octanol–water partition coefficient (Wildman–Crippen LogP) is 4.02. The smallest absolute Gasteiger partial charge is 0.303 e. The van der Waals surface area contributed by atoms with Crippen LogP contribution in [-0.4, -0.2) is 13.2 Å². The van der Waals surface area contributed by atoms with E-state index in [0.29, 0.717) is 0 Å². The highest BCUT2D eigenvalue weighted by atomic mass is 19.4. The van der Waals surface area contributed by atoms with Crippen LogP contribution in [0.4, 0.5) is 13.2 Å². The number of hydrogen-bond acceptors (Lipinski definition) is 1. The molecule has 1 rings (SSSR count). The van der Waals surface area contributed by atoms with E-state index in [1.807, 2.05) is 6.92 Å². The van der Waals surface area contributed by atoms with Gasteiger partial charge in [-0.15, -0.1) is 0 Å². The summed E-state index contributed by atoms with van der Waals surface area (Å²) in [6, 6.07) is 6.55. The molecule has 4 heteroatoms. The summed E-state index contributed by atoms with van der Waals surface area (Å²) in [4.78, 5) is 0. The Balaban J connectivity index is 3.30. The SMILES string of the molecule is CNC(CC(C)C)(c1ccc(C)cc1)C(F)(F)F. The van der Waals surface area contributed by atoms with Crippen LogP contribution in [0.5, 0.6) is 0 Å². The molecule has 18 heavy (non-hydrogen) atoms. The second-order valence-electron chi connectivity index (χ2n) is 5.12. The molecule has 1 aromatic carbocycles. The molecule has 102 valence electrons. The molecular formula is C14H20F3N. The highest BCUT2D eigenvalue weighted by Gasteiger charge is 2.54. The fraction of sp³-hybridized carbons (Fsp3) is 0.571. The molecule has 0 amide bonds. The molecule has 0 heterocycles. The number of benzene rings is 1. The molecule has 0 aliphatic carbocycles. The third-order valence-corrected chi connectivity index (χ3v) is 3.17. The van der Waals surface area contributed by atoms with Gasteiger partial charge in [0.15, 0.2) is 0 Å². The molecule has 0 fully saturated rings. The summed E-state index contributed by atoms with van der Waals surface area (Å²) in [5.41, 5.74) is -0.734. The maximum absolute atomic E-state index is 13.5. The first-order chi connectivity index (χ1) is 8.23. The average molecular weight is 259 g/mol. The second kappa shape index (κ2) is 5.31. The van der Waals surface area contributed by atoms with Crippen molar-refractivity contribution in [2.24, 2.45) is 5.92 Å². The van der Waals surface area contributed by atoms with E-state index in [1.165, 1.54) is 7.05 Å². The lowest BCUT2D eigenvalue weighted by molar-refractivity contribution is -0.204. The van der Waals surface area contributed by atoms with Gasteiger partial charge in [-0.3, -0.25) is 0 Å². The van der Waals surface area contributed by atoms with Gasteiger partial charge in [-0.1, -0.05) is 43.7 Å². The average Bonchev–Trinajstić information content (AvgIpc) is 2.25. The first-order valence-electron chi connectivity index (χ1n) is 6.05. The Morgan fingerprint density at radius 3 is 1.94 bits per heavy atom. The summed E-state index contributed by atoms with van der Waals surface area (Å²) < 4.78 is 40.4. The summed E-state index contributed by atoms with van der Waals surface area (Å²) in [7, 11) is 1.37. The zero-order valence-electron chi connectivity index (χ0n) is 11.2. The van der Waals surface area contributed by atoms with Crippen LogP contribution >= 0.6 is 0 Å². The number of rotatable bonds is 4. The Morgan fingerprint density at radius 1 is 1.11 bits per heavy atom. The summed E-state index contributed by atoms with van der Waals surface area (Å²) in [5, 5.41) is 2.50. The van der Waals surface area contributed by atoms with E-state index < -0.39 is 11.7 Å². The van der Waals surface area contributed by atoms with Crippen molar-refractivity contribution in [3.8, 4) is 0 Å². The Bertz CT molecular complexity index is 381. The highest BCUT2D eigenvalue weighted by Crippen LogP contribution is 2.43. The number of nitrogens with one attached hydrogen (secondary N) is 1. The molecule has 0 aliphatic rings. The molecular weight excluding hydrogens is 239 g/mol. The van der Waals surface area contributed by atoms with Crippen molar-refractivity contribution in [3.05, 3.63) is 35.4 Å². The van der Waals surface area contributed by atoms with Gasteiger partial charge in [0, 0.05) is 0 Å². The molecule has 0 saturated carbocycles. The van der Waals surface area contributed by atoms with Crippen molar-refractivity contribution < 1.29 is 13.2 Å². The Hall–Kier alpha value is -1.03. The Kier molecular flexibility index (Phi) is 4.43. The third-order valence-electron chi connectivity index (χ3n) is 3.17. The number of halogens is 3. The maximum atomic E-state index is 13.5. The maximum Gasteiger partial charge on any atom is 0.410 e. The molecule has 0 radical (unpaired) electrons. The van der Waals surface area contributed by atoms with Crippen molar-refractivity contribution in [2.45, 2.75) is 38.9 Å². The van der Waals surface area contributed by atoms with Crippen LogP contribution in [0.1, 0.15) is 31.4 Å². The van der Waals surface area contributed by atoms with Gasteiger partial charge in [-0.05, 0) is 31.9 Å². The van der Waals surface area contributed by atoms with Crippen LogP contribution in [0.25, 0.3) is 0 Å². The molecule has 0 spiro atoms. The van der Waals surface area contributed by atoms with Crippen molar-refractivity contribution in [1.29, 1.82) is 0 Å². The Labute approximate surface area is 106 Å². The lowest BCUT2D eigenvalue weighted by atomic mass is 9.81. The summed E-state index contributed by atoms with van der Waals surface area (Å²) >= 11 is 0. The van der Waals surface area contributed by atoms with Gasteiger partial charge in [0.2, 0.25) is 0 Å². The van der Waals surface area contributed by atoms with Crippen molar-refractivity contribution in [1.82, 2.24) is 5.32 Å². The second-order valence-corrected chi connectivity index (χ2v) is 5.12. The molecule has 1 N–H and O–H groups in total. The quantitative estimate of drug-likeness (QED) is 0.861. The monoisotopic (exact) mass is 259 g/mol. The minimum absolute atomic E-state index is 0.0239. The number of alkyl halides is 3. The van der Waals surface area contributed by atoms with Gasteiger partial charge >= 0.3 is 6.18 Å². The van der Waals surface area contributed by atoms with E-state index in [9.17, 15) is 13.2 Å². The fourth-order valence-electron chi connectivity index (χ4n) is 2.24. The first kappa shape index (κ1) is 15.0. The van der Waals surface area contributed by atoms with Gasteiger partial charge in [0.25, 0.3) is 0 Å². The van der Waals surface area contributed by atoms with Crippen LogP contribution < -0.4 is 5.32 Å². The molecule has 1 aromatic rings. The van der Waals surface area contributed by atoms with E-state index in [-0.39, 0.29) is 17.9 Å². The molecule has 0 aliphatic heterocycles. The Morgan fingerprint density at radius 2 is 1.61 bits per heavy atom. The molecule has 0 saturated heterocycles. The number of hydrogen-bond donors (Lipinski definition) is 1. The van der Waals surface area contributed by atoms with Crippen molar-refractivity contribution >= 4 is 0 Å². The zero-order chi connectivity index (χ0) is 14.0. The summed E-state index contributed by atoms with van der Waals surface area (Å²) in [5.74, 6) is -0.0552. The summed E-state index contributed by atoms with van der Waals surface area (Å²) in [6.07, 6.45) is -4.29. The minimum atomic E-state index is -4.32. The van der Waals surface area contributed by atoms with Crippen LogP contribution in [0.15, 0.2) is 24.3 Å². The predicted molar refractivity (Wildman–Crippen MR) is 67.4 cm³/mol. The van der Waals surface area contributed by atoms with Gasteiger partial charge in [-0.2, -0.15) is 13.2 Å². The molecule has 0 aromatic heterocycles. The van der Waals surface area contributed by atoms with Crippen LogP contribution in [0, 0.1) is 12.8 Å². The molecule has 1 nitrogen and oxygen atoms in total. The van der Waals surface area contributed by atoms with Crippen LogP contribution in [-0.2, 0) is 5.54 Å². The third kappa shape index (κ3) is 2.86. The van der Waals surface area contributed by atoms with Gasteiger partial charge in [0.1, 0.15) is 5.54 Å². The normalized spacial score (nSPS) is 15.8. The fourth-order valence-corrected chi connectivity index (χ4v) is 2.24. The van der Waals surface area contributed by atoms with E-state index in [1.54, 1.807) is 38.1 Å². The van der Waals surface area contributed by atoms with E-state index >= 15 is 0 Å². The van der Waals surface area contributed by atoms with Gasteiger partial charge in [0.05, 0.1) is 0 Å². The molecule has 0 bridgehead atoms. The first-order valence-corrected chi connectivity index (χ1v) is 6.05. The topological polar surface area (TPSA) is 12.0 Å². The molecule has 1 atom stereocenters. The minimum Gasteiger partial charge on any atom is -0.303 e. The lowest BCUT2D eigenvalue weighted by Crippen LogP contribution is -2.53. The standard InChI is InChI=1S/C14H20F3N/c1-10(2)9-13(18-4,14(15,16)17)12-7-5-11(3)6-8-12/h5-8,10,18H,9H2,1-4H3. The zero-order valence-corrected chi connectivity index (χ0v) is 11.2. The van der Waals surface area contributed by atoms with Crippen LogP contribution in [0.3, 0.4) is 0 Å². The largest absolute Gasteiger partial charge is 0.410 e. The number of aryl methyl sites for hydroxylation is 1. The molecule has 1 unspecified atom stereocenters. The highest BCUT2D eigenvalue weighted by molar-refractivity contribution is 5.30. The van der Waals surface area contributed by atoms with Crippen LogP contribution in [0.2, 0.25) is 0 Å². The van der Waals surface area contributed by atoms with Gasteiger partial charge < -0.3 is 5.32 Å². The van der Waals surface area contributed by atoms with E-state index in [0.717, 1.165) is 5.56 Å². The van der Waals surface area contributed by atoms with Crippen molar-refractivity contribution in [2.75, 3.05) is 7.05 Å². The van der Waals surface area contributed by atoms with E-state index in [2.05, 4.69) is 5.32 Å². The van der Waals surface area contributed by atoms with Gasteiger partial charge in [-0.25, -0.2) is 0 Å². The van der Waals surface area contributed by atoms with E-state index in [4.69, 9.17) is 0 Å². The lowest BCUT2D eigenvalue weighted by Gasteiger charge is -2.37. The summed E-state index contributed by atoms with van der Waals surface area (Å²) in [6.45, 7) is 5.46.